The average molecular weight is 789 g/mol. The summed E-state index contributed by atoms with van der Waals surface area (Å²) in [5, 5.41) is 24.4. The summed E-state index contributed by atoms with van der Waals surface area (Å²) in [5.41, 5.74) is 12.7. The highest BCUT2D eigenvalue weighted by Gasteiger charge is 2.38. The highest BCUT2D eigenvalue weighted by atomic mass is 32.2. The third-order valence-corrected chi connectivity index (χ3v) is 10.8. The Bertz CT molecular complexity index is 2170. The molecule has 0 saturated carbocycles. The maximum atomic E-state index is 12.4. The molecule has 0 saturated heterocycles. The van der Waals surface area contributed by atoms with E-state index in [1.807, 2.05) is 109 Å². The quantitative estimate of drug-likeness (QED) is 0.0224. The van der Waals surface area contributed by atoms with E-state index in [4.69, 9.17) is 9.82 Å². The lowest BCUT2D eigenvalue weighted by molar-refractivity contribution is -0.129. The maximum absolute atomic E-state index is 12.4. The van der Waals surface area contributed by atoms with E-state index < -0.39 is 17.0 Å². The second-order valence-electron chi connectivity index (χ2n) is 12.8. The van der Waals surface area contributed by atoms with Crippen LogP contribution in [-0.2, 0) is 20.7 Å². The molecule has 7 aromatic rings. The Morgan fingerprint density at radius 3 is 1.46 bits per heavy atom. The summed E-state index contributed by atoms with van der Waals surface area (Å²) in [4.78, 5) is 22.6. The molecule has 1 heterocycles. The molecule has 7 rings (SSSR count). The molecular weight excluding hydrogens is 749 g/mol. The van der Waals surface area contributed by atoms with Crippen molar-refractivity contribution in [1.82, 2.24) is 15.9 Å². The van der Waals surface area contributed by atoms with Gasteiger partial charge in [0.1, 0.15) is 23.4 Å². The van der Waals surface area contributed by atoms with E-state index in [1.54, 1.807) is 10.9 Å². The lowest BCUT2D eigenvalue weighted by Crippen LogP contribution is -2.49. The zero-order valence-corrected chi connectivity index (χ0v) is 32.4. The second-order valence-corrected chi connectivity index (χ2v) is 14.6. The number of rotatable bonds is 18. The van der Waals surface area contributed by atoms with Crippen LogP contribution >= 0.6 is 23.1 Å². The van der Waals surface area contributed by atoms with Gasteiger partial charge < -0.3 is 15.3 Å². The summed E-state index contributed by atoms with van der Waals surface area (Å²) >= 11 is 2.69. The van der Waals surface area contributed by atoms with Crippen LogP contribution in [0.3, 0.4) is 0 Å². The molecule has 57 heavy (non-hydrogen) atoms. The van der Waals surface area contributed by atoms with Gasteiger partial charge in [0.25, 0.3) is 0 Å². The third-order valence-electron chi connectivity index (χ3n) is 9.37. The maximum Gasteiger partial charge on any atom is 0.360 e. The molecule has 9 nitrogen and oxygen atoms in total. The van der Waals surface area contributed by atoms with Gasteiger partial charge in [0.2, 0.25) is 5.71 Å². The minimum absolute atomic E-state index is 0.150. The number of nitrogens with one attached hydrogen (secondary N) is 3. The van der Waals surface area contributed by atoms with Crippen molar-refractivity contribution in [2.24, 2.45) is 10.3 Å². The zero-order valence-electron chi connectivity index (χ0n) is 30.8. The summed E-state index contributed by atoms with van der Waals surface area (Å²) in [7, 11) is 0. The van der Waals surface area contributed by atoms with E-state index in [0.717, 1.165) is 33.4 Å². The zero-order chi connectivity index (χ0) is 39.2. The van der Waals surface area contributed by atoms with E-state index >= 15 is 0 Å². The molecule has 284 valence electrons. The summed E-state index contributed by atoms with van der Waals surface area (Å²) in [5.74, 6) is -0.768. The highest BCUT2D eigenvalue weighted by molar-refractivity contribution is 8.12. The van der Waals surface area contributed by atoms with Crippen molar-refractivity contribution in [3.05, 3.63) is 226 Å². The van der Waals surface area contributed by atoms with E-state index in [0.29, 0.717) is 10.9 Å². The summed E-state index contributed by atoms with van der Waals surface area (Å²) in [6.07, 6.45) is 0. The van der Waals surface area contributed by atoms with Crippen molar-refractivity contribution in [2.45, 2.75) is 11.1 Å². The molecule has 4 N–H and O–H groups in total. The number of anilines is 1. The predicted octanol–water partition coefficient (Wildman–Crippen LogP) is 9.12. The smallest absolute Gasteiger partial charge is 0.360 e. The van der Waals surface area contributed by atoms with Crippen molar-refractivity contribution < 1.29 is 14.7 Å². The van der Waals surface area contributed by atoms with Gasteiger partial charge >= 0.3 is 5.97 Å². The number of oxime groups is 1. The van der Waals surface area contributed by atoms with E-state index in [1.165, 1.54) is 23.1 Å². The first-order valence-corrected chi connectivity index (χ1v) is 20.2. The van der Waals surface area contributed by atoms with Crippen molar-refractivity contribution in [3.8, 4) is 0 Å². The fourth-order valence-electron chi connectivity index (χ4n) is 6.79. The topological polar surface area (TPSA) is 120 Å². The molecule has 0 amide bonds. The van der Waals surface area contributed by atoms with Gasteiger partial charge in [-0.1, -0.05) is 187 Å². The molecule has 6 aromatic carbocycles. The molecule has 1 aromatic heterocycles. The fourth-order valence-corrected chi connectivity index (χ4v) is 7.94. The van der Waals surface area contributed by atoms with Gasteiger partial charge in [-0.25, -0.2) is 20.7 Å². The molecule has 0 bridgehead atoms. The van der Waals surface area contributed by atoms with E-state index in [-0.39, 0.29) is 18.0 Å². The summed E-state index contributed by atoms with van der Waals surface area (Å²) in [6, 6.07) is 61.1. The number of hydrazine groups is 1. The van der Waals surface area contributed by atoms with Crippen molar-refractivity contribution in [3.63, 3.8) is 0 Å². The number of aliphatic carboxylic acids is 1. The molecule has 0 spiro atoms. The number of hydrogen-bond acceptors (Lipinski definition) is 10. The number of carbonyl (C=O) groups is 1. The van der Waals surface area contributed by atoms with Crippen LogP contribution in [0.15, 0.2) is 198 Å². The Kier molecular flexibility index (Phi) is 12.8. The van der Waals surface area contributed by atoms with Crippen LogP contribution < -0.4 is 16.3 Å². The van der Waals surface area contributed by atoms with Crippen LogP contribution in [0.1, 0.15) is 39.1 Å². The van der Waals surface area contributed by atoms with Gasteiger partial charge in [0.15, 0.2) is 5.13 Å². The van der Waals surface area contributed by atoms with Gasteiger partial charge in [-0.2, -0.15) is 5.10 Å². The Labute approximate surface area is 340 Å². The Morgan fingerprint density at radius 1 is 0.649 bits per heavy atom. The second kappa shape index (κ2) is 18.9. The summed E-state index contributed by atoms with van der Waals surface area (Å²) < 4.78 is 0. The van der Waals surface area contributed by atoms with Gasteiger partial charge in [-0.3, -0.25) is 0 Å². The number of carboxylic acids is 1. The minimum atomic E-state index is -1.24. The number of aromatic nitrogens is 1. The van der Waals surface area contributed by atoms with Crippen LogP contribution in [0.2, 0.25) is 0 Å². The molecule has 0 radical (unpaired) electrons. The summed E-state index contributed by atoms with van der Waals surface area (Å²) in [6.45, 7) is 0.150. The predicted molar refractivity (Wildman–Crippen MR) is 231 cm³/mol. The molecule has 0 aliphatic carbocycles. The molecule has 11 heteroatoms. The number of hydrogen-bond donors (Lipinski definition) is 4. The van der Waals surface area contributed by atoms with Crippen LogP contribution in [0.4, 0.5) is 5.13 Å². The standard InChI is InChI=1S/C46H40N6O3S2/c53-43(54)42(41-33-57-44(48-41)49-45(35-19-7-1-8-20-35,36-21-9-2-10-22-36)37-23-11-3-12-24-37)50-55-31-32-56-34-47-52-51-46(38-25-13-4-14-26-38,39-27-15-5-16-28-39)40-29-17-6-18-30-40/h1-30,33-34,51-52H,31-32H2,(H,48,49)(H,53,54). The molecule has 0 unspecified atom stereocenters. The van der Waals surface area contributed by atoms with Crippen LogP contribution in [0.5, 0.6) is 0 Å². The highest BCUT2D eigenvalue weighted by Crippen LogP contribution is 2.41. The first-order chi connectivity index (χ1) is 28.1. The molecular formula is C46H40N6O3S2. The number of hydrazone groups is 1. The normalized spacial score (nSPS) is 12.0. The molecule has 0 atom stereocenters. The van der Waals surface area contributed by atoms with Crippen LogP contribution in [0, 0.1) is 0 Å². The van der Waals surface area contributed by atoms with Crippen LogP contribution in [-0.4, -0.2) is 39.7 Å². The number of nitrogens with zero attached hydrogens (tertiary/aromatic N) is 3. The Hall–Kier alpha value is -6.53. The fraction of sp³-hybridized carbons (Fsp3) is 0.0870. The Balaban J connectivity index is 1.02. The van der Waals surface area contributed by atoms with E-state index in [9.17, 15) is 9.90 Å². The van der Waals surface area contributed by atoms with Crippen molar-refractivity contribution in [1.29, 1.82) is 0 Å². The molecule has 0 aliphatic heterocycles. The first kappa shape index (κ1) is 38.7. The number of thioether (sulfide) groups is 1. The lowest BCUT2D eigenvalue weighted by Gasteiger charge is -2.36. The van der Waals surface area contributed by atoms with Crippen LogP contribution in [0.25, 0.3) is 0 Å². The van der Waals surface area contributed by atoms with Gasteiger partial charge in [-0.15, -0.1) is 23.1 Å². The van der Waals surface area contributed by atoms with E-state index in [2.05, 4.69) is 99.3 Å². The SMILES string of the molecule is O=C(O)C(=NOCCSC=NNNC(c1ccccc1)(c1ccccc1)c1ccccc1)c1csc(NC(c2ccccc2)(c2ccccc2)c2ccccc2)n1. The molecule has 0 fully saturated rings. The van der Waals surface area contributed by atoms with Gasteiger partial charge in [-0.05, 0) is 33.4 Å². The third kappa shape index (κ3) is 8.81. The average Bonchev–Trinajstić information content (AvgIpc) is 3.74. The molecule has 0 aliphatic rings. The monoisotopic (exact) mass is 788 g/mol. The van der Waals surface area contributed by atoms with Gasteiger partial charge in [0, 0.05) is 11.1 Å². The number of benzene rings is 6. The van der Waals surface area contributed by atoms with Crippen molar-refractivity contribution in [2.75, 3.05) is 17.7 Å². The minimum Gasteiger partial charge on any atom is -0.476 e. The first-order valence-electron chi connectivity index (χ1n) is 18.3. The largest absolute Gasteiger partial charge is 0.476 e. The number of carboxylic acid groups (broad SMARTS) is 1. The number of thiazole rings is 1. The lowest BCUT2D eigenvalue weighted by atomic mass is 9.77. The van der Waals surface area contributed by atoms with Gasteiger partial charge in [0.05, 0.1) is 5.55 Å². The Morgan fingerprint density at radius 2 is 1.05 bits per heavy atom. The van der Waals surface area contributed by atoms with Crippen molar-refractivity contribution >= 4 is 45.5 Å².